The molecular formula is C14H21N7. The largest absolute Gasteiger partial charge is 0.347 e. The smallest absolute Gasteiger partial charge is 0.152 e. The summed E-state index contributed by atoms with van der Waals surface area (Å²) < 4.78 is 4.13. The Morgan fingerprint density at radius 2 is 2.19 bits per heavy atom. The summed E-state index contributed by atoms with van der Waals surface area (Å²) >= 11 is 0. The van der Waals surface area contributed by atoms with Crippen LogP contribution in [0.4, 0.5) is 5.82 Å². The van der Waals surface area contributed by atoms with Gasteiger partial charge >= 0.3 is 0 Å². The second-order valence-corrected chi connectivity index (χ2v) is 6.03. The quantitative estimate of drug-likeness (QED) is 0.892. The molecule has 21 heavy (non-hydrogen) atoms. The minimum atomic E-state index is 0.710. The Morgan fingerprint density at radius 1 is 1.33 bits per heavy atom. The first-order valence-electron chi connectivity index (χ1n) is 7.60. The lowest BCUT2D eigenvalue weighted by atomic mass is 10.2. The molecule has 1 aliphatic carbocycles. The Morgan fingerprint density at radius 3 is 3.00 bits per heavy atom. The number of nitrogens with zero attached hydrogens (tertiary/aromatic N) is 6. The molecule has 0 atom stereocenters. The van der Waals surface area contributed by atoms with Gasteiger partial charge in [-0.2, -0.15) is 5.10 Å². The highest BCUT2D eigenvalue weighted by Crippen LogP contribution is 2.27. The van der Waals surface area contributed by atoms with E-state index in [-0.39, 0.29) is 0 Å². The molecule has 0 aromatic carbocycles. The summed E-state index contributed by atoms with van der Waals surface area (Å²) in [5, 5.41) is 16.4. The van der Waals surface area contributed by atoms with Gasteiger partial charge in [0, 0.05) is 38.3 Å². The number of hydrogen-bond donors (Lipinski definition) is 1. The zero-order valence-electron chi connectivity index (χ0n) is 12.6. The molecule has 0 unspecified atom stereocenters. The zero-order valence-corrected chi connectivity index (χ0v) is 12.6. The van der Waals surface area contributed by atoms with Crippen molar-refractivity contribution < 1.29 is 0 Å². The third-order valence-corrected chi connectivity index (χ3v) is 4.40. The molecular weight excluding hydrogens is 266 g/mol. The van der Waals surface area contributed by atoms with E-state index in [2.05, 4.69) is 37.0 Å². The van der Waals surface area contributed by atoms with E-state index >= 15 is 0 Å². The highest BCUT2D eigenvalue weighted by Gasteiger charge is 2.26. The van der Waals surface area contributed by atoms with Crippen molar-refractivity contribution in [3.05, 3.63) is 23.4 Å². The Labute approximate surface area is 124 Å². The fraction of sp³-hybridized carbons (Fsp3) is 0.643. The van der Waals surface area contributed by atoms with Gasteiger partial charge in [0.1, 0.15) is 12.1 Å². The van der Waals surface area contributed by atoms with Crippen LogP contribution >= 0.6 is 0 Å². The van der Waals surface area contributed by atoms with Gasteiger partial charge in [-0.3, -0.25) is 4.68 Å². The molecule has 0 radical (unpaired) electrons. The Balaban J connectivity index is 1.61. The van der Waals surface area contributed by atoms with Crippen LogP contribution in [-0.2, 0) is 26.7 Å². The lowest BCUT2D eigenvalue weighted by Gasteiger charge is -2.29. The maximum absolute atomic E-state index is 4.62. The lowest BCUT2D eigenvalue weighted by Crippen LogP contribution is -2.35. The predicted octanol–water partition coefficient (Wildman–Crippen LogP) is 0.592. The van der Waals surface area contributed by atoms with Crippen LogP contribution < -0.4 is 10.2 Å². The minimum Gasteiger partial charge on any atom is -0.347 e. The lowest BCUT2D eigenvalue weighted by molar-refractivity contribution is 0.543. The fourth-order valence-electron chi connectivity index (χ4n) is 3.07. The summed E-state index contributed by atoms with van der Waals surface area (Å²) in [6, 6.07) is 0.710. The molecule has 3 heterocycles. The van der Waals surface area contributed by atoms with Gasteiger partial charge in [-0.15, -0.1) is 10.2 Å². The van der Waals surface area contributed by atoms with E-state index in [1.54, 1.807) is 0 Å². The highest BCUT2D eigenvalue weighted by atomic mass is 15.4. The predicted molar refractivity (Wildman–Crippen MR) is 78.9 cm³/mol. The average Bonchev–Trinajstić information content (AvgIpc) is 3.09. The van der Waals surface area contributed by atoms with Crippen LogP contribution in [0.1, 0.15) is 29.9 Å². The van der Waals surface area contributed by atoms with Gasteiger partial charge in [-0.25, -0.2) is 0 Å². The fourth-order valence-corrected chi connectivity index (χ4v) is 3.07. The number of anilines is 1. The number of rotatable bonds is 4. The van der Waals surface area contributed by atoms with E-state index in [0.29, 0.717) is 6.04 Å². The van der Waals surface area contributed by atoms with E-state index in [0.717, 1.165) is 37.7 Å². The Hall–Kier alpha value is -1.89. The molecule has 0 saturated heterocycles. The summed E-state index contributed by atoms with van der Waals surface area (Å²) in [6.07, 6.45) is 4.43. The van der Waals surface area contributed by atoms with Crippen LogP contribution in [0.3, 0.4) is 0 Å². The first kappa shape index (κ1) is 12.8. The summed E-state index contributed by atoms with van der Waals surface area (Å²) in [6.45, 7) is 5.71. The van der Waals surface area contributed by atoms with Gasteiger partial charge in [0.2, 0.25) is 0 Å². The Kier molecular flexibility index (Phi) is 2.95. The van der Waals surface area contributed by atoms with Crippen LogP contribution in [-0.4, -0.2) is 37.1 Å². The van der Waals surface area contributed by atoms with Crippen molar-refractivity contribution >= 4 is 5.82 Å². The zero-order chi connectivity index (χ0) is 14.4. The SMILES string of the molecule is Cc1nn(C)c(N2CCn3cnnc3C2)c1CNC1CC1. The maximum Gasteiger partial charge on any atom is 0.152 e. The normalized spacial score (nSPS) is 18.1. The van der Waals surface area contributed by atoms with Crippen LogP contribution in [0, 0.1) is 6.92 Å². The monoisotopic (exact) mass is 287 g/mol. The number of nitrogens with one attached hydrogen (secondary N) is 1. The van der Waals surface area contributed by atoms with Gasteiger partial charge in [0.15, 0.2) is 5.82 Å². The van der Waals surface area contributed by atoms with Crippen LogP contribution in [0.15, 0.2) is 6.33 Å². The molecule has 1 saturated carbocycles. The van der Waals surface area contributed by atoms with E-state index in [9.17, 15) is 0 Å². The summed E-state index contributed by atoms with van der Waals surface area (Å²) in [5.74, 6) is 2.25. The third kappa shape index (κ3) is 2.31. The maximum atomic E-state index is 4.62. The highest BCUT2D eigenvalue weighted by molar-refractivity contribution is 5.50. The minimum absolute atomic E-state index is 0.710. The molecule has 1 fully saturated rings. The topological polar surface area (TPSA) is 63.8 Å². The third-order valence-electron chi connectivity index (χ3n) is 4.40. The van der Waals surface area contributed by atoms with Crippen molar-refractivity contribution in [2.45, 2.75) is 45.4 Å². The molecule has 2 aromatic heterocycles. The molecule has 4 rings (SSSR count). The number of aryl methyl sites for hydroxylation is 2. The van der Waals surface area contributed by atoms with Crippen LogP contribution in [0.5, 0.6) is 0 Å². The number of aromatic nitrogens is 5. The van der Waals surface area contributed by atoms with Crippen LogP contribution in [0.25, 0.3) is 0 Å². The molecule has 0 amide bonds. The molecule has 2 aliphatic rings. The second kappa shape index (κ2) is 4.84. The van der Waals surface area contributed by atoms with Crippen molar-refractivity contribution in [2.24, 2.45) is 7.05 Å². The van der Waals surface area contributed by atoms with E-state index in [1.807, 2.05) is 18.1 Å². The molecule has 0 bridgehead atoms. The van der Waals surface area contributed by atoms with E-state index < -0.39 is 0 Å². The van der Waals surface area contributed by atoms with Gasteiger partial charge in [0.25, 0.3) is 0 Å². The molecule has 2 aromatic rings. The molecule has 7 heteroatoms. The molecule has 7 nitrogen and oxygen atoms in total. The summed E-state index contributed by atoms with van der Waals surface area (Å²) in [5.41, 5.74) is 2.44. The number of hydrogen-bond acceptors (Lipinski definition) is 5. The van der Waals surface area contributed by atoms with Crippen LogP contribution in [0.2, 0.25) is 0 Å². The van der Waals surface area contributed by atoms with Crippen molar-refractivity contribution in [2.75, 3.05) is 11.4 Å². The molecule has 0 spiro atoms. The van der Waals surface area contributed by atoms with Crippen molar-refractivity contribution in [1.82, 2.24) is 29.9 Å². The van der Waals surface area contributed by atoms with Gasteiger partial charge in [-0.1, -0.05) is 0 Å². The van der Waals surface area contributed by atoms with Crippen molar-refractivity contribution in [1.29, 1.82) is 0 Å². The van der Waals surface area contributed by atoms with Gasteiger partial charge < -0.3 is 14.8 Å². The summed E-state index contributed by atoms with van der Waals surface area (Å²) in [4.78, 5) is 2.37. The summed E-state index contributed by atoms with van der Waals surface area (Å²) in [7, 11) is 2.03. The molecule has 1 N–H and O–H groups in total. The van der Waals surface area contributed by atoms with Gasteiger partial charge in [-0.05, 0) is 19.8 Å². The van der Waals surface area contributed by atoms with Gasteiger partial charge in [0.05, 0.1) is 12.2 Å². The standard InChI is InChI=1S/C14H21N7/c1-10-12(7-15-11-3-4-11)14(19(2)18-10)20-5-6-21-9-16-17-13(21)8-20/h9,11,15H,3-8H2,1-2H3. The van der Waals surface area contributed by atoms with Crippen molar-refractivity contribution in [3.63, 3.8) is 0 Å². The molecule has 1 aliphatic heterocycles. The van der Waals surface area contributed by atoms with Crippen molar-refractivity contribution in [3.8, 4) is 0 Å². The average molecular weight is 287 g/mol. The number of fused-ring (bicyclic) bond motifs is 1. The second-order valence-electron chi connectivity index (χ2n) is 6.03. The first-order chi connectivity index (χ1) is 10.2. The Bertz CT molecular complexity index is 652. The molecule has 112 valence electrons. The first-order valence-corrected chi connectivity index (χ1v) is 7.60. The van der Waals surface area contributed by atoms with E-state index in [4.69, 9.17) is 0 Å². The van der Waals surface area contributed by atoms with E-state index in [1.165, 1.54) is 24.2 Å².